The summed E-state index contributed by atoms with van der Waals surface area (Å²) in [5.74, 6) is -1.29. The summed E-state index contributed by atoms with van der Waals surface area (Å²) in [6, 6.07) is 3.01. The number of alkyl halides is 3. The number of Topliss-reactive ketones (excluding diaryl/α,β-unsaturated/α-hetero) is 2. The van der Waals surface area contributed by atoms with Gasteiger partial charge in [-0.1, -0.05) is 6.92 Å². The molecule has 0 aliphatic rings. The molecule has 0 heterocycles. The quantitative estimate of drug-likeness (QED) is 0.611. The van der Waals surface area contributed by atoms with Crippen molar-refractivity contribution in [2.45, 2.75) is 25.9 Å². The van der Waals surface area contributed by atoms with Crippen LogP contribution >= 0.6 is 0 Å². The maximum atomic E-state index is 12.7. The van der Waals surface area contributed by atoms with E-state index in [9.17, 15) is 22.8 Å². The summed E-state index contributed by atoms with van der Waals surface area (Å²) in [6.45, 7) is 1.59. The third-order valence-electron chi connectivity index (χ3n) is 2.58. The van der Waals surface area contributed by atoms with Gasteiger partial charge in [0.25, 0.3) is 0 Å². The van der Waals surface area contributed by atoms with Crippen molar-refractivity contribution in [3.05, 3.63) is 29.3 Å². The molecule has 3 nitrogen and oxygen atoms in total. The van der Waals surface area contributed by atoms with E-state index in [4.69, 9.17) is 0 Å². The van der Waals surface area contributed by atoms with E-state index in [1.54, 1.807) is 6.92 Å². The SMILES string of the molecule is CCC(=O)CC(=O)c1ccc(OC)c(C(F)(F)F)c1. The average Bonchev–Trinajstić information content (AvgIpc) is 2.36. The van der Waals surface area contributed by atoms with Crippen LogP contribution in [0.1, 0.15) is 35.7 Å². The summed E-state index contributed by atoms with van der Waals surface area (Å²) < 4.78 is 42.9. The number of methoxy groups -OCH3 is 1. The first-order valence-corrected chi connectivity index (χ1v) is 5.59. The second-order valence-corrected chi connectivity index (χ2v) is 3.91. The molecule has 0 atom stereocenters. The third-order valence-corrected chi connectivity index (χ3v) is 2.58. The molecule has 104 valence electrons. The van der Waals surface area contributed by atoms with Gasteiger partial charge in [-0.25, -0.2) is 0 Å². The predicted octanol–water partition coefficient (Wildman–Crippen LogP) is 3.27. The number of halogens is 3. The van der Waals surface area contributed by atoms with Gasteiger partial charge >= 0.3 is 6.18 Å². The van der Waals surface area contributed by atoms with Gasteiger partial charge < -0.3 is 4.74 Å². The molecule has 0 saturated carbocycles. The second kappa shape index (κ2) is 5.86. The molecular weight excluding hydrogens is 261 g/mol. The summed E-state index contributed by atoms with van der Waals surface area (Å²) >= 11 is 0. The molecule has 1 aromatic carbocycles. The largest absolute Gasteiger partial charge is 0.496 e. The van der Waals surface area contributed by atoms with E-state index in [0.717, 1.165) is 13.2 Å². The Morgan fingerprint density at radius 1 is 1.26 bits per heavy atom. The van der Waals surface area contributed by atoms with Crippen molar-refractivity contribution in [1.82, 2.24) is 0 Å². The zero-order valence-corrected chi connectivity index (χ0v) is 10.5. The minimum Gasteiger partial charge on any atom is -0.496 e. The zero-order valence-electron chi connectivity index (χ0n) is 10.5. The van der Waals surface area contributed by atoms with E-state index < -0.39 is 17.5 Å². The number of benzene rings is 1. The molecular formula is C13H13F3O3. The molecule has 0 spiro atoms. The Kier molecular flexibility index (Phi) is 4.69. The Labute approximate surface area is 108 Å². The lowest BCUT2D eigenvalue weighted by atomic mass is 10.0. The zero-order chi connectivity index (χ0) is 14.6. The normalized spacial score (nSPS) is 11.2. The smallest absolute Gasteiger partial charge is 0.419 e. The fourth-order valence-corrected chi connectivity index (χ4v) is 1.51. The van der Waals surface area contributed by atoms with E-state index in [-0.39, 0.29) is 29.9 Å². The van der Waals surface area contributed by atoms with Gasteiger partial charge in [0.05, 0.1) is 19.1 Å². The van der Waals surface area contributed by atoms with Crippen molar-refractivity contribution in [3.63, 3.8) is 0 Å². The molecule has 0 radical (unpaired) electrons. The van der Waals surface area contributed by atoms with Crippen molar-refractivity contribution < 1.29 is 27.5 Å². The van der Waals surface area contributed by atoms with Crippen LogP contribution in [0.4, 0.5) is 13.2 Å². The molecule has 0 aliphatic carbocycles. The van der Waals surface area contributed by atoms with Crippen molar-refractivity contribution in [1.29, 1.82) is 0 Å². The first kappa shape index (κ1) is 15.2. The van der Waals surface area contributed by atoms with Crippen molar-refractivity contribution in [2.24, 2.45) is 0 Å². The molecule has 0 aromatic heterocycles. The maximum Gasteiger partial charge on any atom is 0.419 e. The Morgan fingerprint density at radius 3 is 2.37 bits per heavy atom. The lowest BCUT2D eigenvalue weighted by Gasteiger charge is -2.12. The molecule has 0 amide bonds. The van der Waals surface area contributed by atoms with E-state index in [2.05, 4.69) is 4.74 Å². The minimum atomic E-state index is -4.61. The van der Waals surface area contributed by atoms with Gasteiger partial charge in [-0.05, 0) is 18.2 Å². The van der Waals surface area contributed by atoms with Crippen LogP contribution in [-0.2, 0) is 11.0 Å². The first-order valence-electron chi connectivity index (χ1n) is 5.59. The van der Waals surface area contributed by atoms with Crippen LogP contribution in [0.25, 0.3) is 0 Å². The number of hydrogen-bond donors (Lipinski definition) is 0. The predicted molar refractivity (Wildman–Crippen MR) is 62.2 cm³/mol. The van der Waals surface area contributed by atoms with Gasteiger partial charge in [0, 0.05) is 12.0 Å². The monoisotopic (exact) mass is 274 g/mol. The number of ketones is 2. The third kappa shape index (κ3) is 3.81. The molecule has 0 fully saturated rings. The van der Waals surface area contributed by atoms with Crippen molar-refractivity contribution in [3.8, 4) is 5.75 Å². The topological polar surface area (TPSA) is 43.4 Å². The summed E-state index contributed by atoms with van der Waals surface area (Å²) in [6.07, 6.45) is -4.83. The molecule has 0 bridgehead atoms. The molecule has 19 heavy (non-hydrogen) atoms. The molecule has 6 heteroatoms. The highest BCUT2D eigenvalue weighted by Gasteiger charge is 2.35. The summed E-state index contributed by atoms with van der Waals surface area (Å²) in [7, 11) is 1.12. The lowest BCUT2D eigenvalue weighted by Crippen LogP contribution is -2.11. The van der Waals surface area contributed by atoms with Gasteiger partial charge in [0.1, 0.15) is 11.5 Å². The standard InChI is InChI=1S/C13H13F3O3/c1-3-9(17)7-11(18)8-4-5-12(19-2)10(6-8)13(14,15)16/h4-6H,3,7H2,1-2H3. The van der Waals surface area contributed by atoms with Gasteiger partial charge in [0.15, 0.2) is 5.78 Å². The van der Waals surface area contributed by atoms with Crippen LogP contribution in [-0.4, -0.2) is 18.7 Å². The Balaban J connectivity index is 3.12. The van der Waals surface area contributed by atoms with Gasteiger partial charge in [-0.3, -0.25) is 9.59 Å². The molecule has 0 unspecified atom stereocenters. The Morgan fingerprint density at radius 2 is 1.89 bits per heavy atom. The molecule has 1 aromatic rings. The van der Waals surface area contributed by atoms with E-state index in [1.165, 1.54) is 6.07 Å². The van der Waals surface area contributed by atoms with Crippen LogP contribution in [0.5, 0.6) is 5.75 Å². The summed E-state index contributed by atoms with van der Waals surface area (Å²) in [4.78, 5) is 22.8. The Hall–Kier alpha value is -1.85. The van der Waals surface area contributed by atoms with Crippen LogP contribution in [0.15, 0.2) is 18.2 Å². The van der Waals surface area contributed by atoms with Crippen LogP contribution in [0.3, 0.4) is 0 Å². The maximum absolute atomic E-state index is 12.7. The highest BCUT2D eigenvalue weighted by molar-refractivity contribution is 6.08. The van der Waals surface area contributed by atoms with Crippen molar-refractivity contribution in [2.75, 3.05) is 7.11 Å². The van der Waals surface area contributed by atoms with Crippen LogP contribution in [0, 0.1) is 0 Å². The molecule has 0 aliphatic heterocycles. The van der Waals surface area contributed by atoms with Crippen molar-refractivity contribution >= 4 is 11.6 Å². The van der Waals surface area contributed by atoms with Crippen LogP contribution < -0.4 is 4.74 Å². The molecule has 1 rings (SSSR count). The lowest BCUT2D eigenvalue weighted by molar-refractivity contribution is -0.138. The van der Waals surface area contributed by atoms with Crippen LogP contribution in [0.2, 0.25) is 0 Å². The van der Waals surface area contributed by atoms with E-state index in [1.807, 2.05) is 0 Å². The van der Waals surface area contributed by atoms with Gasteiger partial charge in [-0.15, -0.1) is 0 Å². The Bertz CT molecular complexity index is 492. The second-order valence-electron chi connectivity index (χ2n) is 3.91. The number of rotatable bonds is 5. The van der Waals surface area contributed by atoms with Gasteiger partial charge in [0.2, 0.25) is 0 Å². The number of carbonyl (C=O) groups is 2. The molecule has 0 saturated heterocycles. The van der Waals surface area contributed by atoms with Gasteiger partial charge in [-0.2, -0.15) is 13.2 Å². The summed E-state index contributed by atoms with van der Waals surface area (Å²) in [5.41, 5.74) is -1.17. The fraction of sp³-hybridized carbons (Fsp3) is 0.385. The number of carbonyl (C=O) groups excluding carboxylic acids is 2. The summed E-state index contributed by atoms with van der Waals surface area (Å²) in [5, 5.41) is 0. The fourth-order valence-electron chi connectivity index (χ4n) is 1.51. The van der Waals surface area contributed by atoms with E-state index >= 15 is 0 Å². The minimum absolute atomic E-state index is 0.144. The number of hydrogen-bond acceptors (Lipinski definition) is 3. The average molecular weight is 274 g/mol. The number of ether oxygens (including phenoxy) is 1. The highest BCUT2D eigenvalue weighted by Crippen LogP contribution is 2.36. The first-order chi connectivity index (χ1) is 8.79. The molecule has 0 N–H and O–H groups in total. The highest BCUT2D eigenvalue weighted by atomic mass is 19.4. The van der Waals surface area contributed by atoms with E-state index in [0.29, 0.717) is 6.07 Å².